The van der Waals surface area contributed by atoms with Gasteiger partial charge in [0.25, 0.3) is 0 Å². The molecule has 0 heterocycles. The maximum Gasteiger partial charge on any atom is 0.307 e. The predicted molar refractivity (Wildman–Crippen MR) is 112 cm³/mol. The summed E-state index contributed by atoms with van der Waals surface area (Å²) in [6, 6.07) is 7.95. The normalized spacial score (nSPS) is 12.2. The van der Waals surface area contributed by atoms with Gasteiger partial charge in [-0.05, 0) is 45.4 Å². The third-order valence-electron chi connectivity index (χ3n) is 3.10. The van der Waals surface area contributed by atoms with E-state index >= 15 is 0 Å². The monoisotopic (exact) mass is 463 g/mol. The number of ether oxygens (including phenoxy) is 2. The largest absolute Gasteiger partial charge is 0.489 e. The molecule has 0 aliphatic heterocycles. The smallest absolute Gasteiger partial charge is 0.307 e. The first-order chi connectivity index (χ1) is 11.4. The molecule has 0 aliphatic rings. The van der Waals surface area contributed by atoms with Crippen LogP contribution in [0.1, 0.15) is 32.8 Å². The summed E-state index contributed by atoms with van der Waals surface area (Å²) in [5.74, 6) is 1.26. The van der Waals surface area contributed by atoms with Crippen LogP contribution in [0.25, 0.3) is 0 Å². The maximum atomic E-state index is 11.5. The van der Waals surface area contributed by atoms with Crippen LogP contribution in [-0.4, -0.2) is 44.3 Å². The third-order valence-corrected chi connectivity index (χ3v) is 3.10. The van der Waals surface area contributed by atoms with Crippen molar-refractivity contribution in [1.82, 2.24) is 10.6 Å². The summed E-state index contributed by atoms with van der Waals surface area (Å²) >= 11 is 0. The zero-order valence-electron chi connectivity index (χ0n) is 15.7. The Kier molecular flexibility index (Phi) is 12.0. The number of hydrogen-bond acceptors (Lipinski definition) is 4. The van der Waals surface area contributed by atoms with Crippen LogP contribution in [0.5, 0.6) is 5.75 Å². The minimum atomic E-state index is -0.218. The second-order valence-electron chi connectivity index (χ2n) is 5.91. The van der Waals surface area contributed by atoms with Gasteiger partial charge in [0.1, 0.15) is 11.9 Å². The van der Waals surface area contributed by atoms with Gasteiger partial charge in [0.15, 0.2) is 5.96 Å². The van der Waals surface area contributed by atoms with E-state index in [1.54, 1.807) is 7.05 Å². The first-order valence-electron chi connectivity index (χ1n) is 8.28. The molecular weight excluding hydrogens is 433 g/mol. The Morgan fingerprint density at radius 1 is 1.24 bits per heavy atom. The van der Waals surface area contributed by atoms with Gasteiger partial charge in [-0.2, -0.15) is 0 Å². The molecule has 25 heavy (non-hydrogen) atoms. The number of benzene rings is 1. The number of guanidine groups is 1. The molecule has 0 fully saturated rings. The molecule has 1 rings (SSSR count). The quantitative estimate of drug-likeness (QED) is 0.269. The Hall–Kier alpha value is -1.51. The number of rotatable bonds is 8. The molecule has 142 valence electrons. The Bertz CT molecular complexity index is 550. The summed E-state index contributed by atoms with van der Waals surface area (Å²) in [7, 11) is 1.69. The lowest BCUT2D eigenvalue weighted by molar-refractivity contribution is -0.147. The van der Waals surface area contributed by atoms with Crippen LogP contribution in [0.3, 0.4) is 0 Å². The number of aliphatic imine (C=N–C) groups is 1. The topological polar surface area (TPSA) is 72.0 Å². The molecule has 0 bridgehead atoms. The van der Waals surface area contributed by atoms with Crippen LogP contribution < -0.4 is 15.4 Å². The second-order valence-corrected chi connectivity index (χ2v) is 5.91. The van der Waals surface area contributed by atoms with Crippen molar-refractivity contribution in [3.05, 3.63) is 29.8 Å². The lowest BCUT2D eigenvalue weighted by atomic mass is 10.2. The van der Waals surface area contributed by atoms with Crippen LogP contribution in [0, 0.1) is 6.92 Å². The second kappa shape index (κ2) is 12.8. The molecule has 7 heteroatoms. The third kappa shape index (κ3) is 10.9. The van der Waals surface area contributed by atoms with Crippen molar-refractivity contribution in [2.24, 2.45) is 4.99 Å². The van der Waals surface area contributed by atoms with E-state index in [0.717, 1.165) is 5.75 Å². The predicted octanol–water partition coefficient (Wildman–Crippen LogP) is 2.89. The number of carbonyl (C=O) groups is 1. The minimum absolute atomic E-state index is 0. The molecule has 1 aromatic carbocycles. The van der Waals surface area contributed by atoms with Gasteiger partial charge < -0.3 is 20.1 Å². The highest BCUT2D eigenvalue weighted by atomic mass is 127. The van der Waals surface area contributed by atoms with Crippen LogP contribution in [0.2, 0.25) is 0 Å². The zero-order chi connectivity index (χ0) is 17.9. The minimum Gasteiger partial charge on any atom is -0.489 e. The summed E-state index contributed by atoms with van der Waals surface area (Å²) in [5, 5.41) is 6.26. The first kappa shape index (κ1) is 23.5. The van der Waals surface area contributed by atoms with Crippen molar-refractivity contribution in [2.45, 2.75) is 46.3 Å². The number of halogens is 1. The van der Waals surface area contributed by atoms with Gasteiger partial charge in [-0.1, -0.05) is 12.1 Å². The van der Waals surface area contributed by atoms with Crippen molar-refractivity contribution < 1.29 is 14.3 Å². The molecule has 0 aromatic heterocycles. The maximum absolute atomic E-state index is 11.5. The fourth-order valence-electron chi connectivity index (χ4n) is 2.03. The molecule has 1 atom stereocenters. The molecule has 2 N–H and O–H groups in total. The van der Waals surface area contributed by atoms with Crippen molar-refractivity contribution >= 4 is 35.9 Å². The Labute approximate surface area is 167 Å². The molecule has 1 unspecified atom stereocenters. The number of hydrogen-bond donors (Lipinski definition) is 2. The summed E-state index contributed by atoms with van der Waals surface area (Å²) < 4.78 is 10.9. The Morgan fingerprint density at radius 2 is 1.96 bits per heavy atom. The van der Waals surface area contributed by atoms with Crippen molar-refractivity contribution in [3.63, 3.8) is 0 Å². The van der Waals surface area contributed by atoms with E-state index in [9.17, 15) is 4.79 Å². The number of esters is 1. The summed E-state index contributed by atoms with van der Waals surface area (Å²) in [5.41, 5.74) is 1.17. The molecule has 0 amide bonds. The van der Waals surface area contributed by atoms with Gasteiger partial charge in [0.2, 0.25) is 0 Å². The molecule has 1 aromatic rings. The fraction of sp³-hybridized carbons (Fsp3) is 0.556. The van der Waals surface area contributed by atoms with Crippen molar-refractivity contribution in [3.8, 4) is 5.75 Å². The number of nitrogens with zero attached hydrogens (tertiary/aromatic N) is 1. The molecule has 6 nitrogen and oxygen atoms in total. The van der Waals surface area contributed by atoms with Crippen molar-refractivity contribution in [2.75, 3.05) is 20.1 Å². The molecule has 0 saturated carbocycles. The van der Waals surface area contributed by atoms with E-state index in [-0.39, 0.29) is 42.2 Å². The van der Waals surface area contributed by atoms with Gasteiger partial charge in [0, 0.05) is 13.6 Å². The number of aryl methyl sites for hydroxylation is 1. The van der Waals surface area contributed by atoms with Crippen LogP contribution in [-0.2, 0) is 9.53 Å². The van der Waals surface area contributed by atoms with E-state index in [2.05, 4.69) is 15.6 Å². The van der Waals surface area contributed by atoms with Gasteiger partial charge in [0.05, 0.1) is 19.1 Å². The molecule has 0 spiro atoms. The van der Waals surface area contributed by atoms with Crippen LogP contribution in [0.15, 0.2) is 29.3 Å². The Morgan fingerprint density at radius 3 is 2.56 bits per heavy atom. The van der Waals surface area contributed by atoms with Gasteiger partial charge in [-0.25, -0.2) is 0 Å². The van der Waals surface area contributed by atoms with E-state index in [4.69, 9.17) is 9.47 Å². The fourth-order valence-corrected chi connectivity index (χ4v) is 2.03. The van der Waals surface area contributed by atoms with Crippen LogP contribution >= 0.6 is 24.0 Å². The summed E-state index contributed by atoms with van der Waals surface area (Å²) in [6.45, 7) is 8.76. The first-order valence-corrected chi connectivity index (χ1v) is 8.28. The SMILES string of the molecule is CN=C(NCCC(=O)OC(C)C)NCC(C)Oc1cccc(C)c1.I. The Balaban J connectivity index is 0.00000576. The standard InChI is InChI=1S/C18H29N3O3.HI/c1-13(2)23-17(22)9-10-20-18(19-5)21-12-15(4)24-16-8-6-7-14(3)11-16;/h6-8,11,13,15H,9-10,12H2,1-5H3,(H2,19,20,21);1H. The average molecular weight is 463 g/mol. The lowest BCUT2D eigenvalue weighted by Crippen LogP contribution is -2.42. The molecular formula is C18H30IN3O3. The number of nitrogens with one attached hydrogen (secondary N) is 2. The van der Waals surface area contributed by atoms with Gasteiger partial charge >= 0.3 is 5.97 Å². The molecule has 0 radical (unpaired) electrons. The zero-order valence-corrected chi connectivity index (χ0v) is 18.0. The highest BCUT2D eigenvalue weighted by Gasteiger charge is 2.08. The van der Waals surface area contributed by atoms with E-state index in [1.165, 1.54) is 5.56 Å². The van der Waals surface area contributed by atoms with E-state index in [0.29, 0.717) is 25.5 Å². The highest BCUT2D eigenvalue weighted by Crippen LogP contribution is 2.13. The molecule has 0 aliphatic carbocycles. The van der Waals surface area contributed by atoms with E-state index in [1.807, 2.05) is 52.0 Å². The highest BCUT2D eigenvalue weighted by molar-refractivity contribution is 14.0. The summed E-state index contributed by atoms with van der Waals surface area (Å²) in [6.07, 6.45) is 0.194. The molecule has 0 saturated heterocycles. The number of carbonyl (C=O) groups excluding carboxylic acids is 1. The average Bonchev–Trinajstić information content (AvgIpc) is 2.50. The van der Waals surface area contributed by atoms with Crippen molar-refractivity contribution in [1.29, 1.82) is 0 Å². The summed E-state index contributed by atoms with van der Waals surface area (Å²) in [4.78, 5) is 15.6. The van der Waals surface area contributed by atoms with Crippen LogP contribution in [0.4, 0.5) is 0 Å². The lowest BCUT2D eigenvalue weighted by Gasteiger charge is -2.18. The van der Waals surface area contributed by atoms with E-state index < -0.39 is 0 Å². The van der Waals surface area contributed by atoms with Gasteiger partial charge in [-0.15, -0.1) is 24.0 Å². The van der Waals surface area contributed by atoms with Gasteiger partial charge in [-0.3, -0.25) is 9.79 Å².